The van der Waals surface area contributed by atoms with Gasteiger partial charge >= 0.3 is 0 Å². The number of nitrogens with zero attached hydrogens (tertiary/aromatic N) is 5. The predicted molar refractivity (Wildman–Crippen MR) is 213 cm³/mol. The van der Waals surface area contributed by atoms with Crippen molar-refractivity contribution in [1.82, 2.24) is 24.9 Å². The van der Waals surface area contributed by atoms with Crippen LogP contribution in [0.2, 0.25) is 0 Å². The Labute approximate surface area is 305 Å². The summed E-state index contributed by atoms with van der Waals surface area (Å²) >= 11 is 0. The third-order valence-electron chi connectivity index (χ3n) is 9.63. The minimum absolute atomic E-state index is 0.610. The van der Waals surface area contributed by atoms with Gasteiger partial charge in [-0.25, -0.2) is 15.0 Å². The first-order chi connectivity index (χ1) is 26.2. The quantitative estimate of drug-likeness (QED) is 0.174. The van der Waals surface area contributed by atoms with Crippen molar-refractivity contribution < 1.29 is 4.42 Å². The van der Waals surface area contributed by atoms with Crippen LogP contribution < -0.4 is 0 Å². The number of para-hydroxylation sites is 1. The molecule has 53 heavy (non-hydrogen) atoms. The molecule has 4 aromatic heterocycles. The maximum atomic E-state index is 6.28. The van der Waals surface area contributed by atoms with Crippen LogP contribution in [-0.2, 0) is 0 Å². The highest BCUT2D eigenvalue weighted by Gasteiger charge is 2.15. The molecule has 0 saturated heterocycles. The fourth-order valence-electron chi connectivity index (χ4n) is 6.91. The van der Waals surface area contributed by atoms with Gasteiger partial charge in [-0.3, -0.25) is 9.97 Å². The van der Waals surface area contributed by atoms with Crippen molar-refractivity contribution in [3.8, 4) is 67.7 Å². The van der Waals surface area contributed by atoms with Crippen LogP contribution in [0.4, 0.5) is 0 Å². The summed E-state index contributed by atoms with van der Waals surface area (Å²) in [6.45, 7) is 0. The minimum atomic E-state index is 0.610. The van der Waals surface area contributed by atoms with E-state index in [1.165, 1.54) is 5.56 Å². The lowest BCUT2D eigenvalue weighted by atomic mass is 9.99. The molecule has 6 nitrogen and oxygen atoms in total. The maximum absolute atomic E-state index is 6.28. The fraction of sp³-hybridized carbons (Fsp3) is 0. The molecule has 0 aliphatic heterocycles. The van der Waals surface area contributed by atoms with E-state index < -0.39 is 0 Å². The summed E-state index contributed by atoms with van der Waals surface area (Å²) in [5.41, 5.74) is 11.5. The average Bonchev–Trinajstić information content (AvgIpc) is 3.63. The van der Waals surface area contributed by atoms with Crippen LogP contribution in [0.1, 0.15) is 0 Å². The number of aromatic nitrogens is 5. The first-order valence-electron chi connectivity index (χ1n) is 17.5. The monoisotopic (exact) mass is 679 g/mol. The van der Waals surface area contributed by atoms with Gasteiger partial charge in [-0.05, 0) is 52.6 Å². The Hall–Kier alpha value is -7.31. The zero-order valence-electron chi connectivity index (χ0n) is 28.4. The summed E-state index contributed by atoms with van der Waals surface area (Å²) in [5.74, 6) is 1.86. The van der Waals surface area contributed by atoms with Gasteiger partial charge in [-0.15, -0.1) is 0 Å². The maximum Gasteiger partial charge on any atom is 0.164 e. The summed E-state index contributed by atoms with van der Waals surface area (Å²) in [5, 5.41) is 2.96. The second-order valence-electron chi connectivity index (χ2n) is 13.0. The number of hydrogen-bond donors (Lipinski definition) is 0. The van der Waals surface area contributed by atoms with E-state index in [0.717, 1.165) is 77.5 Å². The van der Waals surface area contributed by atoms with Gasteiger partial charge in [0, 0.05) is 44.6 Å². The minimum Gasteiger partial charge on any atom is -0.454 e. The van der Waals surface area contributed by atoms with Crippen LogP contribution >= 0.6 is 0 Å². The topological polar surface area (TPSA) is 77.6 Å². The Morgan fingerprint density at radius 1 is 0.340 bits per heavy atom. The van der Waals surface area contributed by atoms with E-state index in [0.29, 0.717) is 17.5 Å². The molecular formula is C47H29N5O. The molecule has 0 radical (unpaired) electrons. The summed E-state index contributed by atoms with van der Waals surface area (Å²) in [4.78, 5) is 24.4. The van der Waals surface area contributed by atoms with Crippen molar-refractivity contribution in [3.05, 3.63) is 176 Å². The largest absolute Gasteiger partial charge is 0.454 e. The molecule has 0 N–H and O–H groups in total. The lowest BCUT2D eigenvalue weighted by Crippen LogP contribution is -2.00. The molecule has 10 rings (SSSR count). The van der Waals surface area contributed by atoms with Gasteiger partial charge in [0.05, 0.1) is 17.4 Å². The van der Waals surface area contributed by atoms with Crippen molar-refractivity contribution in [3.63, 3.8) is 0 Å². The van der Waals surface area contributed by atoms with E-state index in [9.17, 15) is 0 Å². The number of hydrogen-bond acceptors (Lipinski definition) is 6. The molecule has 4 heterocycles. The van der Waals surface area contributed by atoms with E-state index in [1.54, 1.807) is 0 Å². The van der Waals surface area contributed by atoms with Gasteiger partial charge in [0.25, 0.3) is 0 Å². The van der Waals surface area contributed by atoms with E-state index in [4.69, 9.17) is 24.4 Å². The molecule has 0 spiro atoms. The normalized spacial score (nSPS) is 11.4. The van der Waals surface area contributed by atoms with Gasteiger partial charge in [0.1, 0.15) is 5.58 Å². The standard InChI is InChI=1S/C47H29N5O/c1-3-11-30(12-4-1)31-21-23-33(24-22-31)46-50-45(32-13-5-2-6-14-32)51-47(52-46)37-18-10-16-35(26-37)34-15-9-17-36(25-34)42-27-39-40-28-48-41-20-8-7-19-38(41)44(40)53-43(39)29-49-42/h1-29H. The van der Waals surface area contributed by atoms with Crippen LogP contribution in [-0.4, -0.2) is 24.9 Å². The molecule has 10 aromatic rings. The number of benzene rings is 6. The Bertz CT molecular complexity index is 2940. The predicted octanol–water partition coefficient (Wildman–Crippen LogP) is 11.7. The van der Waals surface area contributed by atoms with Crippen molar-refractivity contribution in [2.75, 3.05) is 0 Å². The zero-order valence-corrected chi connectivity index (χ0v) is 28.4. The first-order valence-corrected chi connectivity index (χ1v) is 17.5. The van der Waals surface area contributed by atoms with E-state index in [2.05, 4.69) is 108 Å². The summed E-state index contributed by atoms with van der Waals surface area (Å²) < 4.78 is 6.28. The van der Waals surface area contributed by atoms with Crippen LogP contribution in [0.25, 0.3) is 101 Å². The second kappa shape index (κ2) is 12.8. The van der Waals surface area contributed by atoms with Gasteiger partial charge in [-0.1, -0.05) is 133 Å². The highest BCUT2D eigenvalue weighted by molar-refractivity contribution is 6.14. The first kappa shape index (κ1) is 30.5. The van der Waals surface area contributed by atoms with Crippen molar-refractivity contribution >= 4 is 32.8 Å². The van der Waals surface area contributed by atoms with Crippen LogP contribution in [0.3, 0.4) is 0 Å². The average molecular weight is 680 g/mol. The van der Waals surface area contributed by atoms with Gasteiger partial charge < -0.3 is 4.42 Å². The Kier molecular flexibility index (Phi) is 7.36. The molecule has 0 atom stereocenters. The molecule has 0 saturated carbocycles. The van der Waals surface area contributed by atoms with Crippen molar-refractivity contribution in [2.24, 2.45) is 0 Å². The fourth-order valence-corrected chi connectivity index (χ4v) is 6.91. The zero-order chi connectivity index (χ0) is 35.1. The van der Waals surface area contributed by atoms with Crippen LogP contribution in [0.15, 0.2) is 181 Å². The molecular weight excluding hydrogens is 651 g/mol. The highest BCUT2D eigenvalue weighted by Crippen LogP contribution is 2.36. The van der Waals surface area contributed by atoms with Gasteiger partial charge in [0.2, 0.25) is 0 Å². The molecule has 0 fully saturated rings. The number of furan rings is 1. The van der Waals surface area contributed by atoms with Crippen molar-refractivity contribution in [2.45, 2.75) is 0 Å². The van der Waals surface area contributed by atoms with E-state index >= 15 is 0 Å². The molecule has 0 bridgehead atoms. The Morgan fingerprint density at radius 2 is 0.868 bits per heavy atom. The lowest BCUT2D eigenvalue weighted by molar-refractivity contribution is 0.670. The molecule has 6 heteroatoms. The number of rotatable bonds is 6. The Morgan fingerprint density at radius 3 is 1.60 bits per heavy atom. The van der Waals surface area contributed by atoms with Crippen molar-refractivity contribution in [1.29, 1.82) is 0 Å². The summed E-state index contributed by atoms with van der Waals surface area (Å²) in [7, 11) is 0. The van der Waals surface area contributed by atoms with Crippen LogP contribution in [0, 0.1) is 0 Å². The lowest BCUT2D eigenvalue weighted by Gasteiger charge is -2.11. The molecule has 6 aromatic carbocycles. The summed E-state index contributed by atoms with van der Waals surface area (Å²) in [6.07, 6.45) is 3.70. The Balaban J connectivity index is 1.02. The van der Waals surface area contributed by atoms with Gasteiger partial charge in [0.15, 0.2) is 23.1 Å². The molecule has 248 valence electrons. The summed E-state index contributed by atoms with van der Waals surface area (Å²) in [6, 6.07) is 55.7. The molecule has 0 amide bonds. The molecule has 0 aliphatic rings. The number of pyridine rings is 2. The molecule has 0 aliphatic carbocycles. The smallest absolute Gasteiger partial charge is 0.164 e. The third kappa shape index (κ3) is 5.69. The highest BCUT2D eigenvalue weighted by atomic mass is 16.3. The second-order valence-corrected chi connectivity index (χ2v) is 13.0. The van der Waals surface area contributed by atoms with E-state index in [1.807, 2.05) is 73.1 Å². The van der Waals surface area contributed by atoms with Gasteiger partial charge in [-0.2, -0.15) is 0 Å². The van der Waals surface area contributed by atoms with Crippen LogP contribution in [0.5, 0.6) is 0 Å². The molecule has 0 unspecified atom stereocenters. The van der Waals surface area contributed by atoms with E-state index in [-0.39, 0.29) is 0 Å². The SMILES string of the molecule is c1ccc(-c2ccc(-c3nc(-c4ccccc4)nc(-c4cccc(-c5cccc(-c6cc7c(cn6)oc6c8ccccc8ncc76)c5)c4)n3)cc2)cc1. The third-order valence-corrected chi connectivity index (χ3v) is 9.63. The number of fused-ring (bicyclic) bond motifs is 5.